The molecule has 1 aliphatic rings. The van der Waals surface area contributed by atoms with Crippen LogP contribution in [0.15, 0.2) is 35.6 Å². The van der Waals surface area contributed by atoms with E-state index in [0.29, 0.717) is 5.76 Å². The Morgan fingerprint density at radius 1 is 1.07 bits per heavy atom. The van der Waals surface area contributed by atoms with Crippen LogP contribution in [0.3, 0.4) is 0 Å². The van der Waals surface area contributed by atoms with E-state index in [1.807, 2.05) is 24.3 Å². The SMILES string of the molecule is CCCCCCCC(O)=C1C=CC=C1. The van der Waals surface area contributed by atoms with Crippen LogP contribution >= 0.6 is 0 Å². The lowest BCUT2D eigenvalue weighted by Gasteiger charge is -2.02. The van der Waals surface area contributed by atoms with Gasteiger partial charge in [0.05, 0.1) is 5.76 Å². The molecule has 0 bridgehead atoms. The van der Waals surface area contributed by atoms with E-state index in [0.717, 1.165) is 18.4 Å². The third-order valence-corrected chi connectivity index (χ3v) is 2.51. The predicted molar refractivity (Wildman–Crippen MR) is 61.3 cm³/mol. The van der Waals surface area contributed by atoms with Gasteiger partial charge in [-0.15, -0.1) is 0 Å². The number of hydrogen-bond donors (Lipinski definition) is 1. The van der Waals surface area contributed by atoms with E-state index in [4.69, 9.17) is 0 Å². The Morgan fingerprint density at radius 2 is 1.71 bits per heavy atom. The molecule has 78 valence electrons. The lowest BCUT2D eigenvalue weighted by molar-refractivity contribution is 0.377. The summed E-state index contributed by atoms with van der Waals surface area (Å²) in [6.45, 7) is 2.22. The molecule has 0 spiro atoms. The van der Waals surface area contributed by atoms with E-state index >= 15 is 0 Å². The maximum Gasteiger partial charge on any atom is 0.0994 e. The second-order valence-corrected chi connectivity index (χ2v) is 3.78. The Balaban J connectivity index is 2.15. The summed E-state index contributed by atoms with van der Waals surface area (Å²) in [4.78, 5) is 0. The van der Waals surface area contributed by atoms with Crippen molar-refractivity contribution in [2.75, 3.05) is 0 Å². The Morgan fingerprint density at radius 3 is 2.36 bits per heavy atom. The predicted octanol–water partition coefficient (Wildman–Crippen LogP) is 4.29. The molecule has 1 heteroatoms. The molecule has 0 radical (unpaired) electrons. The number of rotatable bonds is 6. The van der Waals surface area contributed by atoms with Gasteiger partial charge in [-0.1, -0.05) is 56.9 Å². The summed E-state index contributed by atoms with van der Waals surface area (Å²) < 4.78 is 0. The highest BCUT2D eigenvalue weighted by atomic mass is 16.3. The first-order valence-corrected chi connectivity index (χ1v) is 5.61. The van der Waals surface area contributed by atoms with Crippen LogP contribution in [0.5, 0.6) is 0 Å². The van der Waals surface area contributed by atoms with Gasteiger partial charge in [0.2, 0.25) is 0 Å². The molecular weight excluding hydrogens is 172 g/mol. The average molecular weight is 192 g/mol. The maximum absolute atomic E-state index is 9.68. The van der Waals surface area contributed by atoms with Crippen molar-refractivity contribution in [3.63, 3.8) is 0 Å². The van der Waals surface area contributed by atoms with Gasteiger partial charge in [-0.05, 0) is 6.42 Å². The normalized spacial score (nSPS) is 13.9. The molecule has 1 rings (SSSR count). The van der Waals surface area contributed by atoms with E-state index in [-0.39, 0.29) is 0 Å². The van der Waals surface area contributed by atoms with Gasteiger partial charge < -0.3 is 5.11 Å². The van der Waals surface area contributed by atoms with E-state index in [2.05, 4.69) is 6.92 Å². The van der Waals surface area contributed by atoms with Crippen LogP contribution in [-0.4, -0.2) is 5.11 Å². The highest BCUT2D eigenvalue weighted by Crippen LogP contribution is 2.17. The minimum Gasteiger partial charge on any atom is -0.512 e. The van der Waals surface area contributed by atoms with Gasteiger partial charge in [0.1, 0.15) is 0 Å². The zero-order valence-corrected chi connectivity index (χ0v) is 9.00. The van der Waals surface area contributed by atoms with Crippen molar-refractivity contribution in [1.82, 2.24) is 0 Å². The van der Waals surface area contributed by atoms with Crippen LogP contribution < -0.4 is 0 Å². The molecule has 0 aromatic carbocycles. The number of aliphatic hydroxyl groups is 1. The van der Waals surface area contributed by atoms with Gasteiger partial charge in [0.15, 0.2) is 0 Å². The second-order valence-electron chi connectivity index (χ2n) is 3.78. The summed E-state index contributed by atoms with van der Waals surface area (Å²) in [5, 5.41) is 9.68. The fourth-order valence-corrected chi connectivity index (χ4v) is 1.61. The molecule has 0 saturated heterocycles. The molecule has 0 aromatic heterocycles. The number of allylic oxidation sites excluding steroid dienone is 6. The molecule has 1 nitrogen and oxygen atoms in total. The Kier molecular flexibility index (Phi) is 5.13. The summed E-state index contributed by atoms with van der Waals surface area (Å²) in [7, 11) is 0. The van der Waals surface area contributed by atoms with Crippen LogP contribution in [0, 0.1) is 0 Å². The lowest BCUT2D eigenvalue weighted by Crippen LogP contribution is -1.86. The topological polar surface area (TPSA) is 20.2 Å². The zero-order valence-electron chi connectivity index (χ0n) is 9.00. The summed E-state index contributed by atoms with van der Waals surface area (Å²) in [6.07, 6.45) is 14.9. The number of aliphatic hydroxyl groups excluding tert-OH is 1. The lowest BCUT2D eigenvalue weighted by atomic mass is 10.1. The van der Waals surface area contributed by atoms with Crippen molar-refractivity contribution >= 4 is 0 Å². The van der Waals surface area contributed by atoms with E-state index in [1.165, 1.54) is 25.7 Å². The van der Waals surface area contributed by atoms with Gasteiger partial charge in [0.25, 0.3) is 0 Å². The molecule has 0 amide bonds. The van der Waals surface area contributed by atoms with Crippen molar-refractivity contribution in [2.24, 2.45) is 0 Å². The van der Waals surface area contributed by atoms with Crippen LogP contribution in [0.2, 0.25) is 0 Å². The summed E-state index contributed by atoms with van der Waals surface area (Å²) >= 11 is 0. The molecule has 1 N–H and O–H groups in total. The van der Waals surface area contributed by atoms with Crippen molar-refractivity contribution in [2.45, 2.75) is 45.4 Å². The second kappa shape index (κ2) is 6.47. The highest BCUT2D eigenvalue weighted by molar-refractivity contribution is 5.41. The van der Waals surface area contributed by atoms with Gasteiger partial charge in [-0.2, -0.15) is 0 Å². The molecule has 0 heterocycles. The quantitative estimate of drug-likeness (QED) is 0.492. The number of hydrogen-bond acceptors (Lipinski definition) is 1. The molecule has 0 fully saturated rings. The smallest absolute Gasteiger partial charge is 0.0994 e. The standard InChI is InChI=1S/C13H20O/c1-2-3-4-5-6-11-13(14)12-9-7-8-10-12/h7-10,14H,2-6,11H2,1H3. The molecule has 0 saturated carbocycles. The fraction of sp³-hybridized carbons (Fsp3) is 0.538. The third kappa shape index (κ3) is 3.82. The largest absolute Gasteiger partial charge is 0.512 e. The minimum absolute atomic E-state index is 0.548. The summed E-state index contributed by atoms with van der Waals surface area (Å²) in [5.74, 6) is 0.548. The molecule has 0 aromatic rings. The van der Waals surface area contributed by atoms with E-state index in [9.17, 15) is 5.11 Å². The summed E-state index contributed by atoms with van der Waals surface area (Å²) in [5.41, 5.74) is 0.987. The van der Waals surface area contributed by atoms with E-state index < -0.39 is 0 Å². The molecule has 0 atom stereocenters. The van der Waals surface area contributed by atoms with Crippen LogP contribution in [-0.2, 0) is 0 Å². The van der Waals surface area contributed by atoms with Crippen molar-refractivity contribution < 1.29 is 5.11 Å². The van der Waals surface area contributed by atoms with Crippen LogP contribution in [0.25, 0.3) is 0 Å². The molecule has 1 aliphatic carbocycles. The molecule has 0 aliphatic heterocycles. The van der Waals surface area contributed by atoms with Crippen LogP contribution in [0.4, 0.5) is 0 Å². The molecular formula is C13H20O. The van der Waals surface area contributed by atoms with Gasteiger partial charge in [-0.25, -0.2) is 0 Å². The zero-order chi connectivity index (χ0) is 10.2. The third-order valence-electron chi connectivity index (χ3n) is 2.51. The molecule has 14 heavy (non-hydrogen) atoms. The minimum atomic E-state index is 0.548. The van der Waals surface area contributed by atoms with Gasteiger partial charge in [0, 0.05) is 12.0 Å². The molecule has 0 unspecified atom stereocenters. The monoisotopic (exact) mass is 192 g/mol. The highest BCUT2D eigenvalue weighted by Gasteiger charge is 2.01. The van der Waals surface area contributed by atoms with Gasteiger partial charge >= 0.3 is 0 Å². The Labute approximate surface area is 86.8 Å². The first kappa shape index (κ1) is 11.1. The average Bonchev–Trinajstić information content (AvgIpc) is 2.70. The number of unbranched alkanes of at least 4 members (excludes halogenated alkanes) is 4. The first-order valence-electron chi connectivity index (χ1n) is 5.61. The van der Waals surface area contributed by atoms with Crippen molar-refractivity contribution in [3.8, 4) is 0 Å². The van der Waals surface area contributed by atoms with Crippen LogP contribution in [0.1, 0.15) is 45.4 Å². The maximum atomic E-state index is 9.68. The first-order chi connectivity index (χ1) is 6.84. The van der Waals surface area contributed by atoms with Crippen molar-refractivity contribution in [1.29, 1.82) is 0 Å². The Bertz CT molecular complexity index is 232. The van der Waals surface area contributed by atoms with E-state index in [1.54, 1.807) is 0 Å². The summed E-state index contributed by atoms with van der Waals surface area (Å²) in [6, 6.07) is 0. The van der Waals surface area contributed by atoms with Crippen molar-refractivity contribution in [3.05, 3.63) is 35.6 Å². The Hall–Kier alpha value is -0.980. The van der Waals surface area contributed by atoms with Gasteiger partial charge in [-0.3, -0.25) is 0 Å². The fourth-order valence-electron chi connectivity index (χ4n) is 1.61.